The molecule has 14 heavy (non-hydrogen) atoms. The molecule has 0 spiro atoms. The molecular weight excluding hydrogens is 174 g/mol. The number of hydrogen-bond acceptors (Lipinski definition) is 2. The molecule has 1 aliphatic rings. The highest BCUT2D eigenvalue weighted by Gasteiger charge is 2.33. The Morgan fingerprint density at radius 2 is 1.93 bits per heavy atom. The van der Waals surface area contributed by atoms with Crippen LogP contribution < -0.4 is 5.32 Å². The van der Waals surface area contributed by atoms with Gasteiger partial charge in [0.25, 0.3) is 0 Å². The van der Waals surface area contributed by atoms with Crippen LogP contribution in [0.5, 0.6) is 0 Å². The van der Waals surface area contributed by atoms with E-state index in [1.165, 1.54) is 12.8 Å². The minimum absolute atomic E-state index is 0.427. The lowest BCUT2D eigenvalue weighted by molar-refractivity contribution is -0.0318. The molecule has 0 saturated heterocycles. The summed E-state index contributed by atoms with van der Waals surface area (Å²) in [7, 11) is 0. The van der Waals surface area contributed by atoms with Gasteiger partial charge in [0, 0.05) is 12.6 Å². The topological polar surface area (TPSA) is 21.3 Å². The predicted octanol–water partition coefficient (Wildman–Crippen LogP) is 2.44. The van der Waals surface area contributed by atoms with Crippen LogP contribution in [0.15, 0.2) is 0 Å². The predicted molar refractivity (Wildman–Crippen MR) is 60.4 cm³/mol. The molecule has 1 aliphatic carbocycles. The van der Waals surface area contributed by atoms with Crippen molar-refractivity contribution in [2.45, 2.75) is 52.7 Å². The minimum atomic E-state index is 0.427. The molecule has 0 aromatic rings. The standard InChI is InChI=1S/C12H25NO/c1-5-13-11-8-9(3)7-10(4)12(11)14-6-2/h9-13H,5-8H2,1-4H3. The summed E-state index contributed by atoms with van der Waals surface area (Å²) >= 11 is 0. The van der Waals surface area contributed by atoms with E-state index in [-0.39, 0.29) is 0 Å². The lowest BCUT2D eigenvalue weighted by Crippen LogP contribution is -2.49. The second-order valence-corrected chi connectivity index (χ2v) is 4.64. The maximum atomic E-state index is 5.85. The van der Waals surface area contributed by atoms with Gasteiger partial charge in [-0.1, -0.05) is 20.8 Å². The fraction of sp³-hybridized carbons (Fsp3) is 1.00. The zero-order valence-electron chi connectivity index (χ0n) is 10.0. The molecule has 1 saturated carbocycles. The summed E-state index contributed by atoms with van der Waals surface area (Å²) in [5, 5.41) is 3.56. The molecule has 0 radical (unpaired) electrons. The lowest BCUT2D eigenvalue weighted by atomic mass is 9.78. The maximum Gasteiger partial charge on any atom is 0.0753 e. The van der Waals surface area contributed by atoms with Crippen LogP contribution >= 0.6 is 0 Å². The van der Waals surface area contributed by atoms with Gasteiger partial charge in [0.2, 0.25) is 0 Å². The second kappa shape index (κ2) is 5.72. The Kier molecular flexibility index (Phi) is 4.90. The molecule has 4 atom stereocenters. The van der Waals surface area contributed by atoms with Gasteiger partial charge in [0.1, 0.15) is 0 Å². The van der Waals surface area contributed by atoms with Crippen molar-refractivity contribution in [2.75, 3.05) is 13.2 Å². The smallest absolute Gasteiger partial charge is 0.0753 e. The van der Waals surface area contributed by atoms with Gasteiger partial charge >= 0.3 is 0 Å². The molecule has 0 heterocycles. The molecule has 1 N–H and O–H groups in total. The third kappa shape index (κ3) is 2.96. The van der Waals surface area contributed by atoms with Crippen LogP contribution in [-0.4, -0.2) is 25.3 Å². The summed E-state index contributed by atoms with van der Waals surface area (Å²) in [5.74, 6) is 1.54. The Morgan fingerprint density at radius 1 is 1.21 bits per heavy atom. The number of ether oxygens (including phenoxy) is 1. The maximum absolute atomic E-state index is 5.85. The molecule has 2 heteroatoms. The van der Waals surface area contributed by atoms with E-state index < -0.39 is 0 Å². The Bertz CT molecular complexity index is 160. The van der Waals surface area contributed by atoms with E-state index in [1.54, 1.807) is 0 Å². The SMILES string of the molecule is CCNC1CC(C)CC(C)C1OCC. The lowest BCUT2D eigenvalue weighted by Gasteiger charge is -2.39. The number of rotatable bonds is 4. The van der Waals surface area contributed by atoms with Gasteiger partial charge in [-0.15, -0.1) is 0 Å². The molecule has 0 amide bonds. The zero-order chi connectivity index (χ0) is 10.6. The van der Waals surface area contributed by atoms with E-state index in [2.05, 4.69) is 33.0 Å². The fourth-order valence-electron chi connectivity index (χ4n) is 2.76. The molecule has 4 unspecified atom stereocenters. The first kappa shape index (κ1) is 12.0. The van der Waals surface area contributed by atoms with Crippen LogP contribution in [0.25, 0.3) is 0 Å². The van der Waals surface area contributed by atoms with Crippen molar-refractivity contribution in [3.8, 4) is 0 Å². The van der Waals surface area contributed by atoms with Crippen molar-refractivity contribution >= 4 is 0 Å². The van der Waals surface area contributed by atoms with E-state index in [0.29, 0.717) is 18.1 Å². The zero-order valence-corrected chi connectivity index (χ0v) is 10.0. The Hall–Kier alpha value is -0.0800. The Balaban J connectivity index is 2.55. The third-order valence-corrected chi connectivity index (χ3v) is 3.21. The minimum Gasteiger partial charge on any atom is -0.377 e. The molecule has 0 aromatic heterocycles. The van der Waals surface area contributed by atoms with Crippen molar-refractivity contribution in [2.24, 2.45) is 11.8 Å². The van der Waals surface area contributed by atoms with Crippen LogP contribution in [0.1, 0.15) is 40.5 Å². The van der Waals surface area contributed by atoms with Crippen LogP contribution in [0.4, 0.5) is 0 Å². The summed E-state index contributed by atoms with van der Waals surface area (Å²) in [6, 6.07) is 0.568. The highest BCUT2D eigenvalue weighted by atomic mass is 16.5. The molecule has 2 nitrogen and oxygen atoms in total. The molecule has 1 rings (SSSR count). The van der Waals surface area contributed by atoms with Gasteiger partial charge in [-0.25, -0.2) is 0 Å². The molecular formula is C12H25NO. The Labute approximate surface area is 88.4 Å². The molecule has 0 aliphatic heterocycles. The number of likely N-dealkylation sites (N-methyl/N-ethyl adjacent to an activating group) is 1. The number of hydrogen-bond donors (Lipinski definition) is 1. The largest absolute Gasteiger partial charge is 0.377 e. The van der Waals surface area contributed by atoms with Crippen molar-refractivity contribution in [1.82, 2.24) is 5.32 Å². The molecule has 1 fully saturated rings. The van der Waals surface area contributed by atoms with Gasteiger partial charge in [-0.3, -0.25) is 0 Å². The normalized spacial score (nSPS) is 38.6. The first-order valence-corrected chi connectivity index (χ1v) is 6.04. The summed E-state index contributed by atoms with van der Waals surface area (Å²) in [6.07, 6.45) is 3.01. The summed E-state index contributed by atoms with van der Waals surface area (Å²) in [6.45, 7) is 10.8. The number of nitrogens with one attached hydrogen (secondary N) is 1. The molecule has 0 bridgehead atoms. The summed E-state index contributed by atoms with van der Waals surface area (Å²) in [4.78, 5) is 0. The van der Waals surface area contributed by atoms with Crippen LogP contribution in [0, 0.1) is 11.8 Å². The van der Waals surface area contributed by atoms with Gasteiger partial charge in [-0.2, -0.15) is 0 Å². The van der Waals surface area contributed by atoms with Crippen molar-refractivity contribution < 1.29 is 4.74 Å². The summed E-state index contributed by atoms with van der Waals surface area (Å²) in [5.41, 5.74) is 0. The third-order valence-electron chi connectivity index (χ3n) is 3.21. The van der Waals surface area contributed by atoms with E-state index in [0.717, 1.165) is 19.1 Å². The van der Waals surface area contributed by atoms with E-state index in [1.807, 2.05) is 0 Å². The quantitative estimate of drug-likeness (QED) is 0.751. The van der Waals surface area contributed by atoms with E-state index >= 15 is 0 Å². The molecule has 0 aromatic carbocycles. The Morgan fingerprint density at radius 3 is 2.50 bits per heavy atom. The first-order valence-electron chi connectivity index (χ1n) is 6.04. The van der Waals surface area contributed by atoms with Gasteiger partial charge < -0.3 is 10.1 Å². The van der Waals surface area contributed by atoms with Crippen LogP contribution in [-0.2, 0) is 4.74 Å². The first-order chi connectivity index (χ1) is 6.69. The van der Waals surface area contributed by atoms with Crippen molar-refractivity contribution in [1.29, 1.82) is 0 Å². The average molecular weight is 199 g/mol. The van der Waals surface area contributed by atoms with Gasteiger partial charge in [-0.05, 0) is 38.1 Å². The van der Waals surface area contributed by atoms with E-state index in [9.17, 15) is 0 Å². The van der Waals surface area contributed by atoms with Gasteiger partial charge in [0.15, 0.2) is 0 Å². The van der Waals surface area contributed by atoms with Crippen LogP contribution in [0.2, 0.25) is 0 Å². The van der Waals surface area contributed by atoms with Gasteiger partial charge in [0.05, 0.1) is 6.10 Å². The monoisotopic (exact) mass is 199 g/mol. The van der Waals surface area contributed by atoms with Crippen molar-refractivity contribution in [3.05, 3.63) is 0 Å². The highest BCUT2D eigenvalue weighted by molar-refractivity contribution is 4.88. The molecule has 84 valence electrons. The highest BCUT2D eigenvalue weighted by Crippen LogP contribution is 2.30. The van der Waals surface area contributed by atoms with Crippen molar-refractivity contribution in [3.63, 3.8) is 0 Å². The van der Waals surface area contributed by atoms with E-state index in [4.69, 9.17) is 4.74 Å². The fourth-order valence-corrected chi connectivity index (χ4v) is 2.76. The summed E-state index contributed by atoms with van der Waals surface area (Å²) < 4.78 is 5.85. The second-order valence-electron chi connectivity index (χ2n) is 4.64. The average Bonchev–Trinajstić information content (AvgIpc) is 2.11. The van der Waals surface area contributed by atoms with Crippen LogP contribution in [0.3, 0.4) is 0 Å².